The van der Waals surface area contributed by atoms with Crippen molar-refractivity contribution < 1.29 is 9.68 Å². The van der Waals surface area contributed by atoms with Gasteiger partial charge in [-0.1, -0.05) is 6.92 Å². The first-order valence-corrected chi connectivity index (χ1v) is 3.29. The fourth-order valence-corrected chi connectivity index (χ4v) is 0.708. The van der Waals surface area contributed by atoms with Crippen LogP contribution in [0.2, 0.25) is 0 Å². The van der Waals surface area contributed by atoms with Crippen LogP contribution in [-0.4, -0.2) is 13.2 Å². The lowest BCUT2D eigenvalue weighted by atomic mass is 9.89. The van der Waals surface area contributed by atoms with E-state index in [1.54, 1.807) is 0 Å². The SMILES string of the molecule is CCC(C#N)(CON)CON. The minimum atomic E-state index is -0.705. The summed E-state index contributed by atoms with van der Waals surface area (Å²) in [5, 5.41) is 8.72. The summed E-state index contributed by atoms with van der Waals surface area (Å²) >= 11 is 0. The standard InChI is InChI=1S/C6H13N3O2/c1-2-6(3-7,4-10-8)5-11-9/h2,4-5,8-9H2,1H3. The first-order valence-electron chi connectivity index (χ1n) is 3.29. The zero-order valence-electron chi connectivity index (χ0n) is 6.54. The molecule has 0 aromatic carbocycles. The maximum Gasteiger partial charge on any atom is 0.108 e. The van der Waals surface area contributed by atoms with Crippen LogP contribution >= 0.6 is 0 Å². The van der Waals surface area contributed by atoms with E-state index in [1.165, 1.54) is 0 Å². The molecule has 0 aromatic heterocycles. The third-order valence-electron chi connectivity index (χ3n) is 1.63. The lowest BCUT2D eigenvalue weighted by molar-refractivity contribution is 0.00331. The van der Waals surface area contributed by atoms with Gasteiger partial charge in [-0.15, -0.1) is 0 Å². The van der Waals surface area contributed by atoms with Crippen LogP contribution in [0.15, 0.2) is 0 Å². The second-order valence-corrected chi connectivity index (χ2v) is 2.37. The van der Waals surface area contributed by atoms with Crippen molar-refractivity contribution in [1.82, 2.24) is 0 Å². The molecule has 0 aliphatic heterocycles. The van der Waals surface area contributed by atoms with Crippen molar-refractivity contribution in [2.45, 2.75) is 13.3 Å². The van der Waals surface area contributed by atoms with E-state index in [4.69, 9.17) is 17.1 Å². The van der Waals surface area contributed by atoms with Gasteiger partial charge in [-0.2, -0.15) is 5.26 Å². The summed E-state index contributed by atoms with van der Waals surface area (Å²) in [6.45, 7) is 2.12. The molecule has 0 rings (SSSR count). The number of hydrogen-bond donors (Lipinski definition) is 2. The molecule has 0 radical (unpaired) electrons. The van der Waals surface area contributed by atoms with Crippen LogP contribution in [0, 0.1) is 16.7 Å². The average Bonchev–Trinajstić information content (AvgIpc) is 2.04. The van der Waals surface area contributed by atoms with Crippen LogP contribution in [0.4, 0.5) is 0 Å². The van der Waals surface area contributed by atoms with Gasteiger partial charge in [-0.3, -0.25) is 0 Å². The van der Waals surface area contributed by atoms with Gasteiger partial charge in [-0.05, 0) is 6.42 Å². The van der Waals surface area contributed by atoms with Gasteiger partial charge in [0.05, 0.1) is 19.3 Å². The largest absolute Gasteiger partial charge is 0.303 e. The third-order valence-corrected chi connectivity index (χ3v) is 1.63. The monoisotopic (exact) mass is 159 g/mol. The van der Waals surface area contributed by atoms with Crippen LogP contribution in [0.5, 0.6) is 0 Å². The molecule has 5 heteroatoms. The summed E-state index contributed by atoms with van der Waals surface area (Å²) in [6, 6.07) is 2.06. The summed E-state index contributed by atoms with van der Waals surface area (Å²) in [7, 11) is 0. The van der Waals surface area contributed by atoms with Crippen molar-refractivity contribution in [2.24, 2.45) is 17.2 Å². The molecule has 11 heavy (non-hydrogen) atoms. The summed E-state index contributed by atoms with van der Waals surface area (Å²) in [5.74, 6) is 9.70. The van der Waals surface area contributed by atoms with Crippen molar-refractivity contribution in [3.05, 3.63) is 0 Å². The maximum atomic E-state index is 8.72. The highest BCUT2D eigenvalue weighted by molar-refractivity contribution is 4.97. The number of hydrogen-bond acceptors (Lipinski definition) is 5. The minimum Gasteiger partial charge on any atom is -0.303 e. The molecular weight excluding hydrogens is 146 g/mol. The van der Waals surface area contributed by atoms with E-state index in [0.717, 1.165) is 0 Å². The molecule has 0 spiro atoms. The normalized spacial score (nSPS) is 11.1. The second-order valence-electron chi connectivity index (χ2n) is 2.37. The first-order chi connectivity index (χ1) is 5.24. The molecule has 0 aromatic rings. The molecule has 4 N–H and O–H groups in total. The van der Waals surface area contributed by atoms with Crippen LogP contribution in [-0.2, 0) is 9.68 Å². The Labute approximate surface area is 65.8 Å². The Bertz CT molecular complexity index is 137. The summed E-state index contributed by atoms with van der Waals surface area (Å²) < 4.78 is 0. The lowest BCUT2D eigenvalue weighted by Crippen LogP contribution is -2.32. The van der Waals surface area contributed by atoms with Crippen LogP contribution in [0.1, 0.15) is 13.3 Å². The third kappa shape index (κ3) is 2.82. The van der Waals surface area contributed by atoms with E-state index in [1.807, 2.05) is 6.92 Å². The molecule has 0 bridgehead atoms. The van der Waals surface area contributed by atoms with Gasteiger partial charge in [0.1, 0.15) is 5.41 Å². The molecule has 0 atom stereocenters. The fourth-order valence-electron chi connectivity index (χ4n) is 0.708. The van der Waals surface area contributed by atoms with E-state index in [-0.39, 0.29) is 13.2 Å². The van der Waals surface area contributed by atoms with Crippen LogP contribution in [0.25, 0.3) is 0 Å². The molecular formula is C6H13N3O2. The highest BCUT2D eigenvalue weighted by atomic mass is 16.6. The Morgan fingerprint density at radius 2 is 1.82 bits per heavy atom. The number of nitrogens with two attached hydrogens (primary N) is 2. The van der Waals surface area contributed by atoms with Gasteiger partial charge in [0.15, 0.2) is 0 Å². The van der Waals surface area contributed by atoms with Crippen molar-refractivity contribution in [2.75, 3.05) is 13.2 Å². The van der Waals surface area contributed by atoms with Crippen LogP contribution < -0.4 is 11.8 Å². The van der Waals surface area contributed by atoms with Crippen molar-refractivity contribution in [3.63, 3.8) is 0 Å². The van der Waals surface area contributed by atoms with Gasteiger partial charge in [-0.25, -0.2) is 11.8 Å². The molecule has 0 aliphatic rings. The number of nitriles is 1. The highest BCUT2D eigenvalue weighted by Gasteiger charge is 2.28. The number of rotatable bonds is 5. The average molecular weight is 159 g/mol. The summed E-state index contributed by atoms with van der Waals surface area (Å²) in [6.07, 6.45) is 0.595. The zero-order valence-corrected chi connectivity index (χ0v) is 6.54. The molecule has 0 saturated heterocycles. The predicted molar refractivity (Wildman–Crippen MR) is 38.6 cm³/mol. The molecule has 0 saturated carbocycles. The second kappa shape index (κ2) is 5.04. The molecule has 0 amide bonds. The van der Waals surface area contributed by atoms with Crippen molar-refractivity contribution in [1.29, 1.82) is 5.26 Å². The molecule has 0 fully saturated rings. The van der Waals surface area contributed by atoms with Gasteiger partial charge in [0.25, 0.3) is 0 Å². The van der Waals surface area contributed by atoms with E-state index in [9.17, 15) is 0 Å². The quantitative estimate of drug-likeness (QED) is 0.536. The van der Waals surface area contributed by atoms with Crippen molar-refractivity contribution in [3.8, 4) is 6.07 Å². The molecule has 0 unspecified atom stereocenters. The Morgan fingerprint density at radius 1 is 1.36 bits per heavy atom. The summed E-state index contributed by atoms with van der Waals surface area (Å²) in [5.41, 5.74) is -0.705. The highest BCUT2D eigenvalue weighted by Crippen LogP contribution is 2.20. The van der Waals surface area contributed by atoms with E-state index in [0.29, 0.717) is 6.42 Å². The van der Waals surface area contributed by atoms with Gasteiger partial charge >= 0.3 is 0 Å². The van der Waals surface area contributed by atoms with Crippen LogP contribution in [0.3, 0.4) is 0 Å². The summed E-state index contributed by atoms with van der Waals surface area (Å²) in [4.78, 5) is 8.77. The number of nitrogens with zero attached hydrogens (tertiary/aromatic N) is 1. The molecule has 5 nitrogen and oxygen atoms in total. The smallest absolute Gasteiger partial charge is 0.108 e. The Morgan fingerprint density at radius 3 is 2.00 bits per heavy atom. The lowest BCUT2D eigenvalue weighted by Gasteiger charge is -2.21. The first kappa shape index (κ1) is 10.3. The minimum absolute atomic E-state index is 0.136. The van der Waals surface area contributed by atoms with Gasteiger partial charge in [0.2, 0.25) is 0 Å². The molecule has 0 aliphatic carbocycles. The van der Waals surface area contributed by atoms with Gasteiger partial charge < -0.3 is 9.68 Å². The van der Waals surface area contributed by atoms with E-state index < -0.39 is 5.41 Å². The Balaban J connectivity index is 4.11. The predicted octanol–water partition coefficient (Wildman–Crippen LogP) is -0.313. The fraction of sp³-hybridized carbons (Fsp3) is 0.833. The molecule has 64 valence electrons. The molecule has 0 heterocycles. The van der Waals surface area contributed by atoms with Crippen molar-refractivity contribution >= 4 is 0 Å². The van der Waals surface area contributed by atoms with E-state index in [2.05, 4.69) is 15.7 Å². The zero-order chi connectivity index (χ0) is 8.74. The Hall–Kier alpha value is -0.670. The van der Waals surface area contributed by atoms with E-state index >= 15 is 0 Å². The Kier molecular flexibility index (Phi) is 4.74. The maximum absolute atomic E-state index is 8.72. The van der Waals surface area contributed by atoms with Gasteiger partial charge in [0, 0.05) is 0 Å². The topological polar surface area (TPSA) is 94.3 Å².